The fourth-order valence-corrected chi connectivity index (χ4v) is 2.21. The number of carbonyl (C=O) groups is 1. The van der Waals surface area contributed by atoms with Gasteiger partial charge in [0.05, 0.1) is 18.2 Å². The number of halogens is 1. The maximum Gasteiger partial charge on any atom is 0.227 e. The average Bonchev–Trinajstić information content (AvgIpc) is 3.12. The summed E-state index contributed by atoms with van der Waals surface area (Å²) in [6.45, 7) is 11.6. The van der Waals surface area contributed by atoms with Crippen LogP contribution < -0.4 is 16.0 Å². The number of hydrogen-bond donors (Lipinski definition) is 3. The number of nitrogens with zero attached hydrogens (tertiary/aromatic N) is 1. The van der Waals surface area contributed by atoms with Gasteiger partial charge in [0, 0.05) is 39.3 Å². The van der Waals surface area contributed by atoms with E-state index in [1.54, 1.807) is 6.26 Å². The SMILES string of the molecule is CCNC(=O)C(C)(C)CN=C(NCCCOCC)NCCc1ccco1.I. The lowest BCUT2D eigenvalue weighted by Crippen LogP contribution is -2.42. The van der Waals surface area contributed by atoms with Crippen molar-refractivity contribution in [3.63, 3.8) is 0 Å². The topological polar surface area (TPSA) is 87.9 Å². The van der Waals surface area contributed by atoms with E-state index in [2.05, 4.69) is 20.9 Å². The van der Waals surface area contributed by atoms with Crippen LogP contribution in [0.4, 0.5) is 0 Å². The van der Waals surface area contributed by atoms with Gasteiger partial charge >= 0.3 is 0 Å². The molecule has 0 saturated heterocycles. The first-order chi connectivity index (χ1) is 12.5. The third-order valence-corrected chi connectivity index (χ3v) is 3.79. The van der Waals surface area contributed by atoms with E-state index in [4.69, 9.17) is 9.15 Å². The van der Waals surface area contributed by atoms with Gasteiger partial charge in [0.1, 0.15) is 5.76 Å². The predicted molar refractivity (Wildman–Crippen MR) is 120 cm³/mol. The molecule has 0 unspecified atom stereocenters. The van der Waals surface area contributed by atoms with Gasteiger partial charge in [-0.25, -0.2) is 0 Å². The van der Waals surface area contributed by atoms with Crippen molar-refractivity contribution >= 4 is 35.8 Å². The van der Waals surface area contributed by atoms with Crippen LogP contribution in [0.1, 0.15) is 39.9 Å². The molecule has 1 aromatic rings. The molecule has 0 aliphatic carbocycles. The van der Waals surface area contributed by atoms with E-state index in [0.29, 0.717) is 32.2 Å². The Hall–Kier alpha value is -1.29. The van der Waals surface area contributed by atoms with Gasteiger partial charge in [-0.2, -0.15) is 0 Å². The standard InChI is InChI=1S/C19H34N4O3.HI/c1-5-20-17(24)19(3,4)15-23-18(21-11-8-13-25-6-2)22-12-10-16-9-7-14-26-16;/h7,9,14H,5-6,8,10-13,15H2,1-4H3,(H,20,24)(H2,21,22,23);1H. The number of furan rings is 1. The molecule has 1 amide bonds. The molecule has 3 N–H and O–H groups in total. The second kappa shape index (κ2) is 14.7. The first-order valence-corrected chi connectivity index (χ1v) is 9.40. The molecule has 1 rings (SSSR count). The van der Waals surface area contributed by atoms with E-state index >= 15 is 0 Å². The monoisotopic (exact) mass is 494 g/mol. The van der Waals surface area contributed by atoms with Gasteiger partial charge in [-0.1, -0.05) is 0 Å². The molecule has 27 heavy (non-hydrogen) atoms. The van der Waals surface area contributed by atoms with Gasteiger partial charge in [0.15, 0.2) is 5.96 Å². The van der Waals surface area contributed by atoms with Crippen LogP contribution in [0.15, 0.2) is 27.8 Å². The molecule has 1 heterocycles. The zero-order valence-electron chi connectivity index (χ0n) is 17.0. The van der Waals surface area contributed by atoms with Crippen molar-refractivity contribution in [1.29, 1.82) is 0 Å². The first kappa shape index (κ1) is 25.7. The number of aliphatic imine (C=N–C) groups is 1. The van der Waals surface area contributed by atoms with Gasteiger partial charge in [-0.3, -0.25) is 9.79 Å². The summed E-state index contributed by atoms with van der Waals surface area (Å²) in [5.41, 5.74) is -0.559. The molecule has 0 aliphatic rings. The summed E-state index contributed by atoms with van der Waals surface area (Å²) in [6, 6.07) is 3.83. The number of guanidine groups is 1. The zero-order valence-corrected chi connectivity index (χ0v) is 19.3. The molecule has 0 saturated carbocycles. The molecular formula is C19H35IN4O3. The van der Waals surface area contributed by atoms with E-state index < -0.39 is 5.41 Å². The molecule has 0 aliphatic heterocycles. The lowest BCUT2D eigenvalue weighted by atomic mass is 9.92. The maximum absolute atomic E-state index is 12.1. The highest BCUT2D eigenvalue weighted by atomic mass is 127. The molecule has 0 spiro atoms. The minimum Gasteiger partial charge on any atom is -0.469 e. The van der Waals surface area contributed by atoms with Gasteiger partial charge in [-0.05, 0) is 46.2 Å². The molecule has 8 heteroatoms. The highest BCUT2D eigenvalue weighted by Crippen LogP contribution is 2.15. The van der Waals surface area contributed by atoms with Crippen LogP contribution in [-0.4, -0.2) is 51.3 Å². The molecule has 7 nitrogen and oxygen atoms in total. The van der Waals surface area contributed by atoms with E-state index in [-0.39, 0.29) is 29.9 Å². The van der Waals surface area contributed by atoms with Crippen LogP contribution in [0.5, 0.6) is 0 Å². The van der Waals surface area contributed by atoms with Crippen molar-refractivity contribution in [3.8, 4) is 0 Å². The lowest BCUT2D eigenvalue weighted by Gasteiger charge is -2.22. The number of amides is 1. The minimum absolute atomic E-state index is 0. The molecule has 0 atom stereocenters. The number of carbonyl (C=O) groups excluding carboxylic acids is 1. The van der Waals surface area contributed by atoms with Crippen LogP contribution in [0.3, 0.4) is 0 Å². The van der Waals surface area contributed by atoms with Gasteiger partial charge in [-0.15, -0.1) is 24.0 Å². The van der Waals surface area contributed by atoms with Crippen molar-refractivity contribution < 1.29 is 13.9 Å². The Labute approximate surface area is 180 Å². The van der Waals surface area contributed by atoms with E-state index in [1.807, 2.05) is 39.8 Å². The van der Waals surface area contributed by atoms with E-state index in [1.165, 1.54) is 0 Å². The zero-order chi connectivity index (χ0) is 19.3. The summed E-state index contributed by atoms with van der Waals surface area (Å²) in [5, 5.41) is 9.46. The van der Waals surface area contributed by atoms with E-state index in [9.17, 15) is 4.79 Å². The smallest absolute Gasteiger partial charge is 0.227 e. The van der Waals surface area contributed by atoms with Crippen LogP contribution in [0.2, 0.25) is 0 Å². The van der Waals surface area contributed by atoms with Crippen molar-refractivity contribution in [1.82, 2.24) is 16.0 Å². The molecule has 156 valence electrons. The van der Waals surface area contributed by atoms with Crippen molar-refractivity contribution in [3.05, 3.63) is 24.2 Å². The molecule has 1 aromatic heterocycles. The summed E-state index contributed by atoms with van der Waals surface area (Å²) >= 11 is 0. The quantitative estimate of drug-likeness (QED) is 0.180. The molecule has 0 radical (unpaired) electrons. The third-order valence-electron chi connectivity index (χ3n) is 3.79. The fraction of sp³-hybridized carbons (Fsp3) is 0.684. The number of hydrogen-bond acceptors (Lipinski definition) is 4. The second-order valence-electron chi connectivity index (χ2n) is 6.64. The van der Waals surface area contributed by atoms with Crippen LogP contribution in [-0.2, 0) is 16.0 Å². The first-order valence-electron chi connectivity index (χ1n) is 9.40. The number of nitrogens with one attached hydrogen (secondary N) is 3. The number of rotatable bonds is 12. The molecular weight excluding hydrogens is 459 g/mol. The van der Waals surface area contributed by atoms with Crippen molar-refractivity contribution in [2.75, 3.05) is 39.4 Å². The Morgan fingerprint density at radius 2 is 1.96 bits per heavy atom. The highest BCUT2D eigenvalue weighted by molar-refractivity contribution is 14.0. The summed E-state index contributed by atoms with van der Waals surface area (Å²) in [6.07, 6.45) is 3.34. The Morgan fingerprint density at radius 1 is 1.22 bits per heavy atom. The lowest BCUT2D eigenvalue weighted by molar-refractivity contribution is -0.128. The van der Waals surface area contributed by atoms with Gasteiger partial charge in [0.25, 0.3) is 0 Å². The Bertz CT molecular complexity index is 533. The number of ether oxygens (including phenoxy) is 1. The summed E-state index contributed by atoms with van der Waals surface area (Å²) < 4.78 is 10.7. The summed E-state index contributed by atoms with van der Waals surface area (Å²) in [7, 11) is 0. The largest absolute Gasteiger partial charge is 0.469 e. The van der Waals surface area contributed by atoms with Gasteiger partial charge in [0.2, 0.25) is 5.91 Å². The Morgan fingerprint density at radius 3 is 2.59 bits per heavy atom. The Kier molecular flexibility index (Phi) is 14.0. The normalized spacial score (nSPS) is 11.6. The maximum atomic E-state index is 12.1. The third kappa shape index (κ3) is 11.2. The summed E-state index contributed by atoms with van der Waals surface area (Å²) in [4.78, 5) is 16.7. The van der Waals surface area contributed by atoms with Crippen LogP contribution in [0.25, 0.3) is 0 Å². The van der Waals surface area contributed by atoms with E-state index in [0.717, 1.165) is 31.8 Å². The molecule has 0 aromatic carbocycles. The second-order valence-corrected chi connectivity index (χ2v) is 6.64. The fourth-order valence-electron chi connectivity index (χ4n) is 2.21. The summed E-state index contributed by atoms with van der Waals surface area (Å²) in [5.74, 6) is 1.64. The van der Waals surface area contributed by atoms with Crippen molar-refractivity contribution in [2.24, 2.45) is 10.4 Å². The highest BCUT2D eigenvalue weighted by Gasteiger charge is 2.26. The van der Waals surface area contributed by atoms with Crippen LogP contribution in [0, 0.1) is 5.41 Å². The predicted octanol–water partition coefficient (Wildman–Crippen LogP) is 2.56. The van der Waals surface area contributed by atoms with Gasteiger partial charge < -0.3 is 25.1 Å². The average molecular weight is 494 g/mol. The molecule has 0 bridgehead atoms. The minimum atomic E-state index is -0.559. The Balaban J connectivity index is 0.00000676. The van der Waals surface area contributed by atoms with Crippen LogP contribution >= 0.6 is 24.0 Å². The molecule has 0 fully saturated rings. The van der Waals surface area contributed by atoms with Crippen molar-refractivity contribution in [2.45, 2.75) is 40.5 Å².